The lowest BCUT2D eigenvalue weighted by molar-refractivity contribution is -0.137. The molecule has 0 saturated carbocycles. The second-order valence-corrected chi connectivity index (χ2v) is 4.36. The zero-order chi connectivity index (χ0) is 15.2. The van der Waals surface area contributed by atoms with Crippen LogP contribution in [0.25, 0.3) is 5.82 Å². The SMILES string of the molecule is CCN(CCC(=O)O)C(=O)c1cccc(-n2cccn2)n1. The van der Waals surface area contributed by atoms with Crippen LogP contribution in [0.1, 0.15) is 23.8 Å². The number of rotatable bonds is 6. The summed E-state index contributed by atoms with van der Waals surface area (Å²) >= 11 is 0. The second kappa shape index (κ2) is 6.65. The van der Waals surface area contributed by atoms with Crippen molar-refractivity contribution in [3.8, 4) is 5.82 Å². The lowest BCUT2D eigenvalue weighted by Gasteiger charge is -2.19. The zero-order valence-corrected chi connectivity index (χ0v) is 11.6. The summed E-state index contributed by atoms with van der Waals surface area (Å²) in [5.74, 6) is -0.674. The van der Waals surface area contributed by atoms with Crippen LogP contribution in [0.2, 0.25) is 0 Å². The first-order chi connectivity index (χ1) is 10.1. The number of aromatic nitrogens is 3. The smallest absolute Gasteiger partial charge is 0.305 e. The van der Waals surface area contributed by atoms with E-state index in [0.29, 0.717) is 12.4 Å². The molecule has 0 aliphatic carbocycles. The third-order valence-corrected chi connectivity index (χ3v) is 2.96. The summed E-state index contributed by atoms with van der Waals surface area (Å²) < 4.78 is 1.56. The highest BCUT2D eigenvalue weighted by atomic mass is 16.4. The van der Waals surface area contributed by atoms with E-state index in [9.17, 15) is 9.59 Å². The molecule has 0 aromatic carbocycles. The van der Waals surface area contributed by atoms with Crippen molar-refractivity contribution in [3.63, 3.8) is 0 Å². The highest BCUT2D eigenvalue weighted by molar-refractivity contribution is 5.92. The van der Waals surface area contributed by atoms with Gasteiger partial charge in [0.25, 0.3) is 5.91 Å². The van der Waals surface area contributed by atoms with Crippen molar-refractivity contribution >= 4 is 11.9 Å². The lowest BCUT2D eigenvalue weighted by Crippen LogP contribution is -2.33. The molecule has 2 rings (SSSR count). The number of aliphatic carboxylic acids is 1. The van der Waals surface area contributed by atoms with Gasteiger partial charge in [0.05, 0.1) is 6.42 Å². The van der Waals surface area contributed by atoms with Crippen molar-refractivity contribution in [1.82, 2.24) is 19.7 Å². The number of hydrogen-bond donors (Lipinski definition) is 1. The zero-order valence-electron chi connectivity index (χ0n) is 11.6. The van der Waals surface area contributed by atoms with E-state index in [1.165, 1.54) is 4.90 Å². The number of pyridine rings is 1. The Bertz CT molecular complexity index is 625. The minimum atomic E-state index is -0.931. The second-order valence-electron chi connectivity index (χ2n) is 4.36. The summed E-state index contributed by atoms with van der Waals surface area (Å²) in [6.07, 6.45) is 3.28. The van der Waals surface area contributed by atoms with Gasteiger partial charge in [0.2, 0.25) is 0 Å². The topological polar surface area (TPSA) is 88.3 Å². The molecular weight excluding hydrogens is 272 g/mol. The van der Waals surface area contributed by atoms with Crippen LogP contribution >= 0.6 is 0 Å². The number of carboxylic acid groups (broad SMARTS) is 1. The molecule has 0 bridgehead atoms. The molecule has 0 saturated heterocycles. The molecule has 0 aliphatic heterocycles. The Kier molecular flexibility index (Phi) is 4.65. The predicted molar refractivity (Wildman–Crippen MR) is 75.2 cm³/mol. The van der Waals surface area contributed by atoms with E-state index in [4.69, 9.17) is 5.11 Å². The van der Waals surface area contributed by atoms with Gasteiger partial charge in [0.15, 0.2) is 5.82 Å². The quantitative estimate of drug-likeness (QED) is 0.863. The summed E-state index contributed by atoms with van der Waals surface area (Å²) in [4.78, 5) is 28.7. The van der Waals surface area contributed by atoms with Crippen LogP contribution in [0, 0.1) is 0 Å². The molecule has 110 valence electrons. The van der Waals surface area contributed by atoms with Gasteiger partial charge in [-0.2, -0.15) is 5.10 Å². The van der Waals surface area contributed by atoms with Gasteiger partial charge in [-0.1, -0.05) is 6.07 Å². The van der Waals surface area contributed by atoms with Crippen LogP contribution in [0.4, 0.5) is 0 Å². The molecule has 0 fully saturated rings. The van der Waals surface area contributed by atoms with Crippen molar-refractivity contribution in [2.45, 2.75) is 13.3 Å². The minimum absolute atomic E-state index is 0.0849. The van der Waals surface area contributed by atoms with Crippen LogP contribution in [-0.2, 0) is 4.79 Å². The Labute approximate surface area is 121 Å². The third-order valence-electron chi connectivity index (χ3n) is 2.96. The van der Waals surface area contributed by atoms with Crippen LogP contribution in [0.5, 0.6) is 0 Å². The first kappa shape index (κ1) is 14.7. The summed E-state index contributed by atoms with van der Waals surface area (Å²) in [5.41, 5.74) is 0.273. The van der Waals surface area contributed by atoms with E-state index >= 15 is 0 Å². The molecule has 1 amide bonds. The molecule has 0 radical (unpaired) electrons. The summed E-state index contributed by atoms with van der Waals surface area (Å²) in [6.45, 7) is 2.40. The number of amides is 1. The minimum Gasteiger partial charge on any atom is -0.481 e. The molecule has 0 unspecified atom stereocenters. The molecule has 2 aromatic rings. The standard InChI is InChI=1S/C14H16N4O3/c1-2-17(10-7-13(19)20)14(21)11-5-3-6-12(16-11)18-9-4-8-15-18/h3-6,8-9H,2,7,10H2,1H3,(H,19,20). The largest absolute Gasteiger partial charge is 0.481 e. The Hall–Kier alpha value is -2.70. The Balaban J connectivity index is 2.18. The fraction of sp³-hybridized carbons (Fsp3) is 0.286. The summed E-state index contributed by atoms with van der Waals surface area (Å²) in [7, 11) is 0. The highest BCUT2D eigenvalue weighted by Crippen LogP contribution is 2.08. The van der Waals surface area contributed by atoms with E-state index in [2.05, 4.69) is 10.1 Å². The van der Waals surface area contributed by atoms with Crippen LogP contribution in [-0.4, -0.2) is 49.7 Å². The molecule has 7 heteroatoms. The van der Waals surface area contributed by atoms with E-state index in [-0.39, 0.29) is 24.6 Å². The summed E-state index contributed by atoms with van der Waals surface area (Å²) in [5, 5.41) is 12.8. The molecule has 21 heavy (non-hydrogen) atoms. The van der Waals surface area contributed by atoms with Crippen molar-refractivity contribution in [2.24, 2.45) is 0 Å². The van der Waals surface area contributed by atoms with Crippen molar-refractivity contribution in [2.75, 3.05) is 13.1 Å². The number of nitrogens with zero attached hydrogens (tertiary/aromatic N) is 4. The van der Waals surface area contributed by atoms with Gasteiger partial charge in [0, 0.05) is 25.5 Å². The van der Waals surface area contributed by atoms with Crippen LogP contribution < -0.4 is 0 Å². The Morgan fingerprint density at radius 1 is 1.33 bits per heavy atom. The van der Waals surface area contributed by atoms with E-state index in [0.717, 1.165) is 0 Å². The van der Waals surface area contributed by atoms with Gasteiger partial charge in [-0.25, -0.2) is 9.67 Å². The highest BCUT2D eigenvalue weighted by Gasteiger charge is 2.17. The Morgan fingerprint density at radius 3 is 2.76 bits per heavy atom. The average Bonchev–Trinajstić information content (AvgIpc) is 3.02. The van der Waals surface area contributed by atoms with Crippen molar-refractivity contribution < 1.29 is 14.7 Å². The molecule has 0 aliphatic rings. The number of carbonyl (C=O) groups is 2. The fourth-order valence-corrected chi connectivity index (χ4v) is 1.87. The Morgan fingerprint density at radius 2 is 2.14 bits per heavy atom. The van der Waals surface area contributed by atoms with Crippen molar-refractivity contribution in [1.29, 1.82) is 0 Å². The third kappa shape index (κ3) is 3.65. The monoisotopic (exact) mass is 288 g/mol. The first-order valence-corrected chi connectivity index (χ1v) is 6.60. The van der Waals surface area contributed by atoms with Gasteiger partial charge >= 0.3 is 5.97 Å². The van der Waals surface area contributed by atoms with E-state index < -0.39 is 5.97 Å². The number of hydrogen-bond acceptors (Lipinski definition) is 4. The average molecular weight is 288 g/mol. The molecule has 2 heterocycles. The maximum absolute atomic E-state index is 12.4. The normalized spacial score (nSPS) is 10.3. The molecule has 0 spiro atoms. The predicted octanol–water partition coefficient (Wildman–Crippen LogP) is 1.20. The van der Waals surface area contributed by atoms with Gasteiger partial charge in [-0.05, 0) is 25.1 Å². The van der Waals surface area contributed by atoms with E-state index in [1.54, 1.807) is 48.3 Å². The molecule has 2 aromatic heterocycles. The molecule has 0 atom stereocenters. The summed E-state index contributed by atoms with van der Waals surface area (Å²) in [6, 6.07) is 6.85. The van der Waals surface area contributed by atoms with E-state index in [1.807, 2.05) is 0 Å². The van der Waals surface area contributed by atoms with Gasteiger partial charge in [-0.15, -0.1) is 0 Å². The molecule has 7 nitrogen and oxygen atoms in total. The number of carbonyl (C=O) groups excluding carboxylic acids is 1. The van der Waals surface area contributed by atoms with Crippen LogP contribution in [0.3, 0.4) is 0 Å². The van der Waals surface area contributed by atoms with Crippen molar-refractivity contribution in [3.05, 3.63) is 42.4 Å². The fourth-order valence-electron chi connectivity index (χ4n) is 1.87. The lowest BCUT2D eigenvalue weighted by atomic mass is 10.3. The van der Waals surface area contributed by atoms with Gasteiger partial charge in [-0.3, -0.25) is 9.59 Å². The maximum atomic E-state index is 12.4. The maximum Gasteiger partial charge on any atom is 0.305 e. The first-order valence-electron chi connectivity index (χ1n) is 6.60. The number of carboxylic acids is 1. The van der Waals surface area contributed by atoms with Crippen LogP contribution in [0.15, 0.2) is 36.7 Å². The van der Waals surface area contributed by atoms with Gasteiger partial charge < -0.3 is 10.0 Å². The molecular formula is C14H16N4O3. The molecule has 1 N–H and O–H groups in total. The van der Waals surface area contributed by atoms with Gasteiger partial charge in [0.1, 0.15) is 5.69 Å².